The molecule has 0 atom stereocenters. The van der Waals surface area contributed by atoms with Gasteiger partial charge in [-0.1, -0.05) is 55.0 Å². The third-order valence-corrected chi connectivity index (χ3v) is 6.49. The highest BCUT2D eigenvalue weighted by Gasteiger charge is 2.13. The van der Waals surface area contributed by atoms with Gasteiger partial charge >= 0.3 is 0 Å². The molecule has 5 heteroatoms. The van der Waals surface area contributed by atoms with E-state index >= 15 is 0 Å². The number of rotatable bonds is 10. The number of phenols is 1. The number of para-hydroxylation sites is 1. The molecule has 1 saturated heterocycles. The van der Waals surface area contributed by atoms with Gasteiger partial charge in [0.2, 0.25) is 0 Å². The number of hydrogen-bond donors (Lipinski definition) is 1. The summed E-state index contributed by atoms with van der Waals surface area (Å²) in [5, 5.41) is 9.50. The summed E-state index contributed by atoms with van der Waals surface area (Å²) in [6.07, 6.45) is 7.90. The number of anilines is 1. The third kappa shape index (κ3) is 7.09. The minimum atomic E-state index is -0.308. The molecule has 0 bridgehead atoms. The second-order valence-corrected chi connectivity index (χ2v) is 9.01. The predicted molar refractivity (Wildman–Crippen MR) is 142 cm³/mol. The molecule has 1 N–H and O–H groups in total. The van der Waals surface area contributed by atoms with Crippen LogP contribution in [0.2, 0.25) is 0 Å². The number of phenolic OH excluding ortho intramolecular Hbond substituents is 1. The Labute approximate surface area is 208 Å². The standard InChI is InChI=1S/C30H35FN2O2/c1-2-33(29-9-5-4-8-26(29)14-10-24-11-15-27(34)16-12-24)23-25-13-17-30(28(31)22-25)35-21-20-32-18-6-3-7-19-32/h4-5,8-17,22,34H,2-3,6-7,18-21,23H2,1H3/b14-10+. The highest BCUT2D eigenvalue weighted by Crippen LogP contribution is 2.26. The topological polar surface area (TPSA) is 35.9 Å². The van der Waals surface area contributed by atoms with E-state index in [1.165, 1.54) is 19.3 Å². The molecule has 0 spiro atoms. The lowest BCUT2D eigenvalue weighted by atomic mass is 10.1. The van der Waals surface area contributed by atoms with Crippen molar-refractivity contribution in [2.45, 2.75) is 32.7 Å². The summed E-state index contributed by atoms with van der Waals surface area (Å²) in [6, 6.07) is 20.6. The molecule has 0 unspecified atom stereocenters. The van der Waals surface area contributed by atoms with Gasteiger partial charge in [0, 0.05) is 25.3 Å². The van der Waals surface area contributed by atoms with E-state index in [0.717, 1.165) is 48.6 Å². The lowest BCUT2D eigenvalue weighted by Gasteiger charge is -2.26. The van der Waals surface area contributed by atoms with E-state index in [-0.39, 0.29) is 11.6 Å². The van der Waals surface area contributed by atoms with Gasteiger partial charge in [-0.3, -0.25) is 4.90 Å². The monoisotopic (exact) mass is 474 g/mol. The number of piperidine rings is 1. The number of benzene rings is 3. The largest absolute Gasteiger partial charge is 0.508 e. The fourth-order valence-electron chi connectivity index (χ4n) is 4.50. The van der Waals surface area contributed by atoms with Gasteiger partial charge in [0.05, 0.1) is 0 Å². The molecule has 0 aliphatic carbocycles. The fourth-order valence-corrected chi connectivity index (χ4v) is 4.50. The SMILES string of the molecule is CCN(Cc1ccc(OCCN2CCCCC2)c(F)c1)c1ccccc1/C=C/c1ccc(O)cc1. The van der Waals surface area contributed by atoms with Crippen molar-refractivity contribution in [3.05, 3.63) is 89.2 Å². The first-order chi connectivity index (χ1) is 17.1. The molecule has 0 radical (unpaired) electrons. The van der Waals surface area contributed by atoms with Crippen LogP contribution in [0.3, 0.4) is 0 Å². The maximum atomic E-state index is 14.8. The minimum absolute atomic E-state index is 0.255. The van der Waals surface area contributed by atoms with Crippen molar-refractivity contribution in [1.29, 1.82) is 0 Å². The van der Waals surface area contributed by atoms with Crippen molar-refractivity contribution >= 4 is 17.8 Å². The zero-order valence-corrected chi connectivity index (χ0v) is 20.5. The predicted octanol–water partition coefficient (Wildman–Crippen LogP) is 6.59. The highest BCUT2D eigenvalue weighted by atomic mass is 19.1. The number of halogens is 1. The number of hydrogen-bond acceptors (Lipinski definition) is 4. The number of aromatic hydroxyl groups is 1. The normalized spacial score (nSPS) is 14.3. The molecule has 0 amide bonds. The lowest BCUT2D eigenvalue weighted by Crippen LogP contribution is -2.33. The van der Waals surface area contributed by atoms with Crippen molar-refractivity contribution in [2.24, 2.45) is 0 Å². The quantitative estimate of drug-likeness (QED) is 0.336. The number of nitrogens with zero attached hydrogens (tertiary/aromatic N) is 2. The van der Waals surface area contributed by atoms with Gasteiger partial charge in [-0.2, -0.15) is 0 Å². The Bertz CT molecular complexity index is 1110. The summed E-state index contributed by atoms with van der Waals surface area (Å²) in [4.78, 5) is 4.63. The Kier molecular flexibility index (Phi) is 8.79. The van der Waals surface area contributed by atoms with Gasteiger partial charge in [-0.25, -0.2) is 4.39 Å². The van der Waals surface area contributed by atoms with Crippen LogP contribution in [0.1, 0.15) is 42.9 Å². The van der Waals surface area contributed by atoms with Crippen LogP contribution >= 0.6 is 0 Å². The van der Waals surface area contributed by atoms with E-state index in [9.17, 15) is 9.50 Å². The summed E-state index contributed by atoms with van der Waals surface area (Å²) in [7, 11) is 0. The van der Waals surface area contributed by atoms with E-state index in [4.69, 9.17) is 4.74 Å². The van der Waals surface area contributed by atoms with Crippen molar-refractivity contribution in [2.75, 3.05) is 37.7 Å². The van der Waals surface area contributed by atoms with Gasteiger partial charge < -0.3 is 14.7 Å². The van der Waals surface area contributed by atoms with Crippen LogP contribution in [0.4, 0.5) is 10.1 Å². The first-order valence-electron chi connectivity index (χ1n) is 12.6. The summed E-state index contributed by atoms with van der Waals surface area (Å²) < 4.78 is 20.6. The molecular formula is C30H35FN2O2. The average molecular weight is 475 g/mol. The van der Waals surface area contributed by atoms with Crippen LogP contribution < -0.4 is 9.64 Å². The van der Waals surface area contributed by atoms with Crippen LogP contribution in [0.5, 0.6) is 11.5 Å². The molecule has 0 aromatic heterocycles. The maximum Gasteiger partial charge on any atom is 0.165 e. The van der Waals surface area contributed by atoms with Crippen LogP contribution in [0.25, 0.3) is 12.2 Å². The molecule has 1 heterocycles. The molecule has 184 valence electrons. The zero-order valence-electron chi connectivity index (χ0n) is 20.5. The molecular weight excluding hydrogens is 439 g/mol. The number of ether oxygens (including phenoxy) is 1. The van der Waals surface area contributed by atoms with Crippen molar-refractivity contribution in [1.82, 2.24) is 4.90 Å². The van der Waals surface area contributed by atoms with Crippen molar-refractivity contribution < 1.29 is 14.2 Å². The van der Waals surface area contributed by atoms with Crippen molar-refractivity contribution in [3.8, 4) is 11.5 Å². The summed E-state index contributed by atoms with van der Waals surface area (Å²) in [6.45, 7) is 7.09. The first-order valence-corrected chi connectivity index (χ1v) is 12.6. The van der Waals surface area contributed by atoms with Crippen LogP contribution in [-0.2, 0) is 6.54 Å². The Balaban J connectivity index is 1.40. The molecule has 3 aromatic rings. The fraction of sp³-hybridized carbons (Fsp3) is 0.333. The molecule has 4 rings (SSSR count). The second kappa shape index (κ2) is 12.4. The van der Waals surface area contributed by atoms with E-state index in [1.54, 1.807) is 24.3 Å². The molecule has 4 nitrogen and oxygen atoms in total. The summed E-state index contributed by atoms with van der Waals surface area (Å²) in [5.41, 5.74) is 4.09. The highest BCUT2D eigenvalue weighted by molar-refractivity contribution is 5.77. The van der Waals surface area contributed by atoms with Crippen LogP contribution in [0.15, 0.2) is 66.7 Å². The van der Waals surface area contributed by atoms with Crippen LogP contribution in [0, 0.1) is 5.82 Å². The van der Waals surface area contributed by atoms with E-state index in [1.807, 2.05) is 36.4 Å². The summed E-state index contributed by atoms with van der Waals surface area (Å²) >= 11 is 0. The third-order valence-electron chi connectivity index (χ3n) is 6.49. The molecule has 3 aromatic carbocycles. The van der Waals surface area contributed by atoms with E-state index < -0.39 is 0 Å². The Morgan fingerprint density at radius 3 is 2.49 bits per heavy atom. The van der Waals surface area contributed by atoms with E-state index in [2.05, 4.69) is 34.9 Å². The van der Waals surface area contributed by atoms with Gasteiger partial charge in [0.25, 0.3) is 0 Å². The zero-order chi connectivity index (χ0) is 24.5. The Morgan fingerprint density at radius 1 is 0.971 bits per heavy atom. The summed E-state index contributed by atoms with van der Waals surface area (Å²) in [5.74, 6) is 0.272. The minimum Gasteiger partial charge on any atom is -0.508 e. The Morgan fingerprint density at radius 2 is 1.74 bits per heavy atom. The smallest absolute Gasteiger partial charge is 0.165 e. The molecule has 35 heavy (non-hydrogen) atoms. The molecule has 1 fully saturated rings. The first kappa shape index (κ1) is 24.8. The molecule has 0 saturated carbocycles. The van der Waals surface area contributed by atoms with Gasteiger partial charge in [-0.15, -0.1) is 0 Å². The van der Waals surface area contributed by atoms with Crippen LogP contribution in [-0.4, -0.2) is 42.8 Å². The molecule has 1 aliphatic rings. The maximum absolute atomic E-state index is 14.8. The Hall–Kier alpha value is -3.31. The van der Waals surface area contributed by atoms with Gasteiger partial charge in [-0.05, 0) is 79.9 Å². The molecule has 1 aliphatic heterocycles. The second-order valence-electron chi connectivity index (χ2n) is 9.01. The van der Waals surface area contributed by atoms with Gasteiger partial charge in [0.15, 0.2) is 11.6 Å². The average Bonchev–Trinajstić information content (AvgIpc) is 2.89. The lowest BCUT2D eigenvalue weighted by molar-refractivity contribution is 0.180. The van der Waals surface area contributed by atoms with E-state index in [0.29, 0.717) is 18.9 Å². The van der Waals surface area contributed by atoms with Gasteiger partial charge in [0.1, 0.15) is 12.4 Å². The number of likely N-dealkylation sites (tertiary alicyclic amines) is 1. The van der Waals surface area contributed by atoms with Crippen molar-refractivity contribution in [3.63, 3.8) is 0 Å².